The first-order valence-electron chi connectivity index (χ1n) is 9.34. The van der Waals surface area contributed by atoms with Gasteiger partial charge in [-0.2, -0.15) is 0 Å². The van der Waals surface area contributed by atoms with E-state index in [0.29, 0.717) is 12.5 Å². The first kappa shape index (κ1) is 23.1. The van der Waals surface area contributed by atoms with E-state index in [1.54, 1.807) is 12.1 Å². The molecule has 10 heteroatoms. The lowest BCUT2D eigenvalue weighted by atomic mass is 10.1. The van der Waals surface area contributed by atoms with Crippen molar-refractivity contribution in [3.8, 4) is 0 Å². The highest BCUT2D eigenvalue weighted by Gasteiger charge is 2.29. The number of guanidine groups is 1. The minimum Gasteiger partial charge on any atom is -0.370 e. The summed E-state index contributed by atoms with van der Waals surface area (Å²) in [5.74, 6) is 0.474. The number of anilines is 1. The monoisotopic (exact) mass is 525 g/mol. The summed E-state index contributed by atoms with van der Waals surface area (Å²) in [5.41, 5.74) is 7.18. The number of hydrogen-bond acceptors (Lipinski definition) is 4. The zero-order valence-electron chi connectivity index (χ0n) is 16.1. The Balaban J connectivity index is 0.00000280. The Morgan fingerprint density at radius 3 is 2.46 bits per heavy atom. The van der Waals surface area contributed by atoms with E-state index in [1.807, 2.05) is 4.90 Å². The highest BCUT2D eigenvalue weighted by molar-refractivity contribution is 14.0. The van der Waals surface area contributed by atoms with Gasteiger partial charge in [0.2, 0.25) is 10.0 Å². The van der Waals surface area contributed by atoms with Crippen LogP contribution in [0.25, 0.3) is 0 Å². The molecule has 2 fully saturated rings. The number of halogens is 2. The van der Waals surface area contributed by atoms with Crippen LogP contribution >= 0.6 is 24.0 Å². The molecule has 1 aliphatic carbocycles. The summed E-state index contributed by atoms with van der Waals surface area (Å²) >= 11 is 0. The molecule has 0 bridgehead atoms. The fraction of sp³-hybridized carbons (Fsp3) is 0.611. The first-order valence-corrected chi connectivity index (χ1v) is 11.2. The Labute approximate surface area is 183 Å². The molecule has 3 N–H and O–H groups in total. The van der Waals surface area contributed by atoms with Gasteiger partial charge < -0.3 is 15.5 Å². The van der Waals surface area contributed by atoms with Crippen LogP contribution in [0.3, 0.4) is 0 Å². The van der Waals surface area contributed by atoms with Crippen molar-refractivity contribution >= 4 is 45.6 Å². The van der Waals surface area contributed by atoms with Crippen LogP contribution in [0.15, 0.2) is 29.3 Å². The second-order valence-corrected chi connectivity index (χ2v) is 9.12. The number of piperazine rings is 1. The summed E-state index contributed by atoms with van der Waals surface area (Å²) in [6.07, 6.45) is 4.01. The van der Waals surface area contributed by atoms with Crippen molar-refractivity contribution in [3.05, 3.63) is 30.1 Å². The normalized spacial score (nSPS) is 23.6. The molecule has 1 saturated heterocycles. The second-order valence-electron chi connectivity index (χ2n) is 7.34. The second kappa shape index (κ2) is 10.1. The van der Waals surface area contributed by atoms with Crippen LogP contribution in [0.4, 0.5) is 10.1 Å². The molecule has 0 aromatic heterocycles. The van der Waals surface area contributed by atoms with Gasteiger partial charge in [-0.15, -0.1) is 24.0 Å². The van der Waals surface area contributed by atoms with Gasteiger partial charge in [0, 0.05) is 44.5 Å². The fourth-order valence-corrected chi connectivity index (χ4v) is 4.70. The van der Waals surface area contributed by atoms with Crippen LogP contribution in [0, 0.1) is 11.7 Å². The molecule has 1 aromatic carbocycles. The number of nitrogens with zero attached hydrogens (tertiary/aromatic N) is 3. The van der Waals surface area contributed by atoms with Gasteiger partial charge in [0.1, 0.15) is 5.82 Å². The molecular formula is C18H29FIN5O2S. The Kier molecular flexibility index (Phi) is 8.31. The SMILES string of the molecule is CS(=O)(=O)NC1CCCC1CN=C(N)N1CCN(c2ccc(F)cc2)CC1.I. The zero-order valence-corrected chi connectivity index (χ0v) is 19.2. The quantitative estimate of drug-likeness (QED) is 0.347. The van der Waals surface area contributed by atoms with E-state index >= 15 is 0 Å². The summed E-state index contributed by atoms with van der Waals surface area (Å²) in [5, 5.41) is 0. The van der Waals surface area contributed by atoms with Crippen LogP contribution in [-0.2, 0) is 10.0 Å². The number of benzene rings is 1. The maximum absolute atomic E-state index is 13.1. The van der Waals surface area contributed by atoms with Crippen LogP contribution < -0.4 is 15.4 Å². The van der Waals surface area contributed by atoms with Crippen molar-refractivity contribution in [3.63, 3.8) is 0 Å². The minimum absolute atomic E-state index is 0. The lowest BCUT2D eigenvalue weighted by Crippen LogP contribution is -2.51. The van der Waals surface area contributed by atoms with Crippen molar-refractivity contribution in [2.75, 3.05) is 43.9 Å². The summed E-state index contributed by atoms with van der Waals surface area (Å²) < 4.78 is 38.7. The van der Waals surface area contributed by atoms with Gasteiger partial charge in [-0.1, -0.05) is 6.42 Å². The number of nitrogens with two attached hydrogens (primary N) is 1. The van der Waals surface area contributed by atoms with Gasteiger partial charge in [0.05, 0.1) is 6.26 Å². The van der Waals surface area contributed by atoms with Gasteiger partial charge in [-0.25, -0.2) is 17.5 Å². The average Bonchev–Trinajstić information content (AvgIpc) is 3.05. The Morgan fingerprint density at radius 1 is 1.21 bits per heavy atom. The third kappa shape index (κ3) is 6.45. The predicted octanol–water partition coefficient (Wildman–Crippen LogP) is 1.60. The zero-order chi connectivity index (χ0) is 19.4. The summed E-state index contributed by atoms with van der Waals surface area (Å²) in [4.78, 5) is 8.79. The molecule has 2 aliphatic rings. The van der Waals surface area contributed by atoms with Crippen LogP contribution in [-0.4, -0.2) is 64.3 Å². The largest absolute Gasteiger partial charge is 0.370 e. The van der Waals surface area contributed by atoms with E-state index in [4.69, 9.17) is 5.73 Å². The van der Waals surface area contributed by atoms with E-state index in [0.717, 1.165) is 51.1 Å². The molecule has 28 heavy (non-hydrogen) atoms. The number of hydrogen-bond donors (Lipinski definition) is 2. The molecule has 158 valence electrons. The molecule has 1 heterocycles. The van der Waals surface area contributed by atoms with E-state index < -0.39 is 10.0 Å². The third-order valence-electron chi connectivity index (χ3n) is 5.31. The number of sulfonamides is 1. The molecule has 0 amide bonds. The molecular weight excluding hydrogens is 496 g/mol. The molecule has 1 aromatic rings. The van der Waals surface area contributed by atoms with E-state index in [2.05, 4.69) is 14.6 Å². The Bertz CT molecular complexity index is 767. The smallest absolute Gasteiger partial charge is 0.208 e. The van der Waals surface area contributed by atoms with Gasteiger partial charge in [0.15, 0.2) is 5.96 Å². The van der Waals surface area contributed by atoms with Crippen molar-refractivity contribution in [2.24, 2.45) is 16.6 Å². The summed E-state index contributed by atoms with van der Waals surface area (Å²) in [7, 11) is -3.20. The van der Waals surface area contributed by atoms with Crippen molar-refractivity contribution in [1.29, 1.82) is 0 Å². The van der Waals surface area contributed by atoms with E-state index in [-0.39, 0.29) is 41.8 Å². The summed E-state index contributed by atoms with van der Waals surface area (Å²) in [6, 6.07) is 6.47. The number of rotatable bonds is 5. The molecule has 0 radical (unpaired) electrons. The average molecular weight is 525 g/mol. The van der Waals surface area contributed by atoms with Gasteiger partial charge in [-0.3, -0.25) is 4.99 Å². The highest BCUT2D eigenvalue weighted by atomic mass is 127. The lowest BCUT2D eigenvalue weighted by molar-refractivity contribution is 0.377. The van der Waals surface area contributed by atoms with Crippen molar-refractivity contribution in [2.45, 2.75) is 25.3 Å². The Hall–Kier alpha value is -1.14. The Morgan fingerprint density at radius 2 is 1.86 bits per heavy atom. The third-order valence-corrected chi connectivity index (χ3v) is 6.04. The first-order chi connectivity index (χ1) is 12.8. The summed E-state index contributed by atoms with van der Waals surface area (Å²) in [6.45, 7) is 3.63. The molecule has 7 nitrogen and oxygen atoms in total. The van der Waals surface area contributed by atoms with Crippen molar-refractivity contribution < 1.29 is 12.8 Å². The van der Waals surface area contributed by atoms with E-state index in [9.17, 15) is 12.8 Å². The van der Waals surface area contributed by atoms with Crippen LogP contribution in [0.2, 0.25) is 0 Å². The predicted molar refractivity (Wildman–Crippen MR) is 121 cm³/mol. The standard InChI is InChI=1S/C18H28FN5O2S.HI/c1-27(25,26)22-17-4-2-3-14(17)13-21-18(20)24-11-9-23(10-12-24)16-7-5-15(19)6-8-16;/h5-8,14,17,22H,2-4,9-13H2,1H3,(H2,20,21);1H. The topological polar surface area (TPSA) is 91.0 Å². The molecule has 2 atom stereocenters. The fourth-order valence-electron chi connectivity index (χ4n) is 3.84. The van der Waals surface area contributed by atoms with Crippen LogP contribution in [0.5, 0.6) is 0 Å². The molecule has 1 aliphatic heterocycles. The van der Waals surface area contributed by atoms with Gasteiger partial charge in [-0.05, 0) is 43.0 Å². The maximum atomic E-state index is 13.1. The maximum Gasteiger partial charge on any atom is 0.208 e. The van der Waals surface area contributed by atoms with E-state index in [1.165, 1.54) is 18.4 Å². The minimum atomic E-state index is -3.20. The van der Waals surface area contributed by atoms with Crippen LogP contribution in [0.1, 0.15) is 19.3 Å². The molecule has 1 saturated carbocycles. The lowest BCUT2D eigenvalue weighted by Gasteiger charge is -2.36. The number of aliphatic imine (C=N–C) groups is 1. The molecule has 3 rings (SSSR count). The molecule has 0 spiro atoms. The highest BCUT2D eigenvalue weighted by Crippen LogP contribution is 2.26. The van der Waals surface area contributed by atoms with Gasteiger partial charge in [0.25, 0.3) is 0 Å². The molecule has 2 unspecified atom stereocenters. The van der Waals surface area contributed by atoms with Crippen molar-refractivity contribution in [1.82, 2.24) is 9.62 Å². The number of nitrogens with one attached hydrogen (secondary N) is 1. The van der Waals surface area contributed by atoms with Gasteiger partial charge >= 0.3 is 0 Å².